The molecule has 0 saturated carbocycles. The maximum atomic E-state index is 9.38. The van der Waals surface area contributed by atoms with Crippen LogP contribution in [0.3, 0.4) is 0 Å². The molecule has 1 heterocycles. The van der Waals surface area contributed by atoms with Gasteiger partial charge < -0.3 is 4.98 Å². The number of thioether (sulfide) groups is 1. The summed E-state index contributed by atoms with van der Waals surface area (Å²) in [4.78, 5) is 8.85. The van der Waals surface area contributed by atoms with Crippen LogP contribution in [0.15, 0.2) is 53.4 Å². The molecule has 0 bridgehead atoms. The van der Waals surface area contributed by atoms with Crippen LogP contribution in [0.1, 0.15) is 11.4 Å². The molecular formula is C17H13N3S. The molecule has 3 aromatic rings. The maximum Gasteiger partial charge on any atom is 0.149 e. The van der Waals surface area contributed by atoms with Crippen LogP contribution in [0.25, 0.3) is 22.7 Å². The number of para-hydroxylation sites is 2. The number of hydrogen-bond acceptors (Lipinski definition) is 3. The highest BCUT2D eigenvalue weighted by Gasteiger charge is 2.07. The van der Waals surface area contributed by atoms with Crippen molar-refractivity contribution in [3.8, 4) is 6.07 Å². The molecule has 0 saturated heterocycles. The first-order valence-corrected chi connectivity index (χ1v) is 7.73. The summed E-state index contributed by atoms with van der Waals surface area (Å²) in [5.41, 5.74) is 3.32. The van der Waals surface area contributed by atoms with E-state index in [1.54, 1.807) is 11.8 Å². The van der Waals surface area contributed by atoms with E-state index in [9.17, 15) is 5.26 Å². The maximum absolute atomic E-state index is 9.38. The molecule has 0 aliphatic heterocycles. The number of hydrogen-bond donors (Lipinski definition) is 1. The number of aromatic amines is 1. The Morgan fingerprint density at radius 3 is 2.62 bits per heavy atom. The van der Waals surface area contributed by atoms with Gasteiger partial charge in [-0.05, 0) is 42.2 Å². The minimum Gasteiger partial charge on any atom is -0.337 e. The zero-order valence-corrected chi connectivity index (χ0v) is 12.3. The van der Waals surface area contributed by atoms with Gasteiger partial charge in [0.15, 0.2) is 0 Å². The molecular weight excluding hydrogens is 278 g/mol. The number of imidazole rings is 1. The molecule has 3 rings (SSSR count). The molecule has 1 aromatic heterocycles. The van der Waals surface area contributed by atoms with Crippen LogP contribution in [-0.2, 0) is 0 Å². The topological polar surface area (TPSA) is 52.5 Å². The lowest BCUT2D eigenvalue weighted by molar-refractivity contribution is 1.27. The first kappa shape index (κ1) is 13.5. The van der Waals surface area contributed by atoms with Crippen LogP contribution in [0, 0.1) is 11.3 Å². The third-order valence-corrected chi connectivity index (χ3v) is 3.94. The highest BCUT2D eigenvalue weighted by Crippen LogP contribution is 2.21. The molecule has 0 amide bonds. The Morgan fingerprint density at radius 1 is 1.19 bits per heavy atom. The summed E-state index contributed by atoms with van der Waals surface area (Å²) >= 11 is 1.70. The molecule has 0 spiro atoms. The Hall–Kier alpha value is -2.51. The molecule has 0 unspecified atom stereocenters. The lowest BCUT2D eigenvalue weighted by Gasteiger charge is -1.98. The van der Waals surface area contributed by atoms with Crippen LogP contribution in [0.2, 0.25) is 0 Å². The van der Waals surface area contributed by atoms with Gasteiger partial charge in [-0.1, -0.05) is 24.3 Å². The van der Waals surface area contributed by atoms with Crippen molar-refractivity contribution in [1.82, 2.24) is 9.97 Å². The molecule has 3 nitrogen and oxygen atoms in total. The van der Waals surface area contributed by atoms with Crippen molar-refractivity contribution in [2.45, 2.75) is 4.90 Å². The second-order valence-electron chi connectivity index (χ2n) is 4.55. The zero-order valence-electron chi connectivity index (χ0n) is 11.5. The predicted octanol–water partition coefficient (Wildman–Crippen LogP) is 4.35. The summed E-state index contributed by atoms with van der Waals surface area (Å²) < 4.78 is 0. The zero-order chi connectivity index (χ0) is 14.7. The Labute approximate surface area is 127 Å². The number of benzene rings is 2. The fourth-order valence-electron chi connectivity index (χ4n) is 2.10. The number of allylic oxidation sites excluding steroid dienone is 1. The van der Waals surface area contributed by atoms with Crippen molar-refractivity contribution in [2.75, 3.05) is 6.26 Å². The van der Waals surface area contributed by atoms with Crippen molar-refractivity contribution >= 4 is 34.4 Å². The molecule has 4 heteroatoms. The van der Waals surface area contributed by atoms with Crippen LogP contribution < -0.4 is 0 Å². The van der Waals surface area contributed by atoms with Gasteiger partial charge in [-0.15, -0.1) is 11.8 Å². The number of fused-ring (bicyclic) bond motifs is 1. The van der Waals surface area contributed by atoms with E-state index in [2.05, 4.69) is 16.0 Å². The van der Waals surface area contributed by atoms with Gasteiger partial charge in [-0.2, -0.15) is 5.26 Å². The van der Waals surface area contributed by atoms with Gasteiger partial charge in [0.1, 0.15) is 11.9 Å². The third kappa shape index (κ3) is 2.83. The van der Waals surface area contributed by atoms with E-state index in [0.717, 1.165) is 16.6 Å². The van der Waals surface area contributed by atoms with E-state index < -0.39 is 0 Å². The smallest absolute Gasteiger partial charge is 0.149 e. The fraction of sp³-hybridized carbons (Fsp3) is 0.0588. The first-order chi connectivity index (χ1) is 10.3. The van der Waals surface area contributed by atoms with Gasteiger partial charge in [0.05, 0.1) is 16.6 Å². The number of rotatable bonds is 3. The van der Waals surface area contributed by atoms with E-state index in [-0.39, 0.29) is 0 Å². The lowest BCUT2D eigenvalue weighted by Crippen LogP contribution is -1.85. The molecule has 0 atom stereocenters. The van der Waals surface area contributed by atoms with E-state index in [1.807, 2.05) is 60.9 Å². The molecule has 0 aliphatic carbocycles. The molecule has 1 N–H and O–H groups in total. The van der Waals surface area contributed by atoms with E-state index >= 15 is 0 Å². The van der Waals surface area contributed by atoms with Crippen LogP contribution in [0.4, 0.5) is 0 Å². The second-order valence-corrected chi connectivity index (χ2v) is 5.43. The Morgan fingerprint density at radius 2 is 1.95 bits per heavy atom. The summed E-state index contributed by atoms with van der Waals surface area (Å²) in [6, 6.07) is 18.1. The highest BCUT2D eigenvalue weighted by atomic mass is 32.2. The van der Waals surface area contributed by atoms with E-state index in [0.29, 0.717) is 11.4 Å². The monoisotopic (exact) mass is 291 g/mol. The standard InChI is InChI=1S/C17H13N3S/c1-21-14-8-6-12(7-9-14)10-13(11-18)17-19-15-4-2-3-5-16(15)20-17/h2-10H,1H3,(H,19,20). The number of nitrogens with one attached hydrogen (secondary N) is 1. The van der Waals surface area contributed by atoms with Gasteiger partial charge in [-0.3, -0.25) is 0 Å². The van der Waals surface area contributed by atoms with Crippen molar-refractivity contribution in [1.29, 1.82) is 5.26 Å². The summed E-state index contributed by atoms with van der Waals surface area (Å²) in [7, 11) is 0. The predicted molar refractivity (Wildman–Crippen MR) is 87.8 cm³/mol. The molecule has 21 heavy (non-hydrogen) atoms. The average molecular weight is 291 g/mol. The summed E-state index contributed by atoms with van der Waals surface area (Å²) in [6.07, 6.45) is 3.89. The number of aromatic nitrogens is 2. The van der Waals surface area contributed by atoms with Crippen molar-refractivity contribution in [3.05, 3.63) is 59.9 Å². The fourth-order valence-corrected chi connectivity index (χ4v) is 2.51. The van der Waals surface area contributed by atoms with Crippen LogP contribution in [-0.4, -0.2) is 16.2 Å². The average Bonchev–Trinajstić information content (AvgIpc) is 2.97. The van der Waals surface area contributed by atoms with Gasteiger partial charge >= 0.3 is 0 Å². The molecule has 102 valence electrons. The summed E-state index contributed by atoms with van der Waals surface area (Å²) in [6.45, 7) is 0. The number of H-pyrrole nitrogens is 1. The molecule has 0 radical (unpaired) electrons. The van der Waals surface area contributed by atoms with Gasteiger partial charge in [0.25, 0.3) is 0 Å². The molecule has 0 fully saturated rings. The highest BCUT2D eigenvalue weighted by molar-refractivity contribution is 7.98. The van der Waals surface area contributed by atoms with Crippen molar-refractivity contribution < 1.29 is 0 Å². The number of nitrogens with zero attached hydrogens (tertiary/aromatic N) is 2. The third-order valence-electron chi connectivity index (χ3n) is 3.19. The Kier molecular flexibility index (Phi) is 3.76. The van der Waals surface area contributed by atoms with Gasteiger partial charge in [0.2, 0.25) is 0 Å². The summed E-state index contributed by atoms with van der Waals surface area (Å²) in [5.74, 6) is 0.604. The molecule has 0 aliphatic rings. The minimum absolute atomic E-state index is 0.531. The van der Waals surface area contributed by atoms with Crippen molar-refractivity contribution in [2.24, 2.45) is 0 Å². The van der Waals surface area contributed by atoms with E-state index in [1.165, 1.54) is 4.90 Å². The second kappa shape index (κ2) is 5.86. The Bertz CT molecular complexity index is 805. The molecule has 2 aromatic carbocycles. The van der Waals surface area contributed by atoms with Gasteiger partial charge in [-0.25, -0.2) is 4.98 Å². The van der Waals surface area contributed by atoms with Crippen LogP contribution >= 0.6 is 11.8 Å². The van der Waals surface area contributed by atoms with Crippen LogP contribution in [0.5, 0.6) is 0 Å². The van der Waals surface area contributed by atoms with Crippen molar-refractivity contribution in [3.63, 3.8) is 0 Å². The minimum atomic E-state index is 0.531. The first-order valence-electron chi connectivity index (χ1n) is 6.51. The van der Waals surface area contributed by atoms with E-state index in [4.69, 9.17) is 0 Å². The lowest BCUT2D eigenvalue weighted by atomic mass is 10.1. The quantitative estimate of drug-likeness (QED) is 0.576. The number of nitriles is 1. The van der Waals surface area contributed by atoms with Gasteiger partial charge in [0, 0.05) is 4.90 Å². The Balaban J connectivity index is 2.00. The normalized spacial score (nSPS) is 11.5. The largest absolute Gasteiger partial charge is 0.337 e. The summed E-state index contributed by atoms with van der Waals surface area (Å²) in [5, 5.41) is 9.38. The SMILES string of the molecule is CSc1ccc(C=C(C#N)c2nc3ccccc3[nH]2)cc1.